The van der Waals surface area contributed by atoms with Crippen LogP contribution >= 0.6 is 11.6 Å². The van der Waals surface area contributed by atoms with Crippen LogP contribution in [0.25, 0.3) is 23.0 Å². The van der Waals surface area contributed by atoms with E-state index in [1.165, 1.54) is 30.3 Å². The van der Waals surface area contributed by atoms with Crippen LogP contribution in [0.2, 0.25) is 5.02 Å². The highest BCUT2D eigenvalue weighted by Gasteiger charge is 2.22. The molecule has 0 N–H and O–H groups in total. The second-order valence-corrected chi connectivity index (χ2v) is 9.61. The summed E-state index contributed by atoms with van der Waals surface area (Å²) < 4.78 is 33.6. The number of nitrogens with zero attached hydrogens (tertiary/aromatic N) is 3. The minimum Gasteiger partial charge on any atom is -0.494 e. The first-order valence-electron chi connectivity index (χ1n) is 10.4. The number of allylic oxidation sites excluding steroid dienone is 1. The average Bonchev–Trinajstić information content (AvgIpc) is 3.28. The van der Waals surface area contributed by atoms with Gasteiger partial charge in [-0.1, -0.05) is 41.9 Å². The molecule has 1 aromatic heterocycles. The zero-order valence-electron chi connectivity index (χ0n) is 18.2. The first-order chi connectivity index (χ1) is 16.4. The Morgan fingerprint density at radius 1 is 1.09 bits per heavy atom. The zero-order valence-corrected chi connectivity index (χ0v) is 19.8. The van der Waals surface area contributed by atoms with Crippen molar-refractivity contribution >= 4 is 27.5 Å². The van der Waals surface area contributed by atoms with Crippen LogP contribution < -0.4 is 4.74 Å². The molecule has 0 radical (unpaired) electrons. The SMILES string of the molecule is CCOc1cccc(-c2nn(-c3ccccc3)cc2/C=C(/C#N)S(=O)(=O)c2ccc(Cl)cc2)c1. The van der Waals surface area contributed by atoms with Crippen molar-refractivity contribution in [2.45, 2.75) is 11.8 Å². The van der Waals surface area contributed by atoms with Crippen LogP contribution in [0.15, 0.2) is 94.9 Å². The number of rotatable bonds is 7. The van der Waals surface area contributed by atoms with Crippen molar-refractivity contribution in [3.05, 3.63) is 101 Å². The van der Waals surface area contributed by atoms with Gasteiger partial charge in [0.2, 0.25) is 9.84 Å². The molecule has 0 aliphatic carbocycles. The molecule has 1 heterocycles. The minimum absolute atomic E-state index is 0.0138. The number of sulfone groups is 1. The molecule has 0 spiro atoms. The predicted molar refractivity (Wildman–Crippen MR) is 132 cm³/mol. The quantitative estimate of drug-likeness (QED) is 0.300. The van der Waals surface area contributed by atoms with Crippen molar-refractivity contribution in [2.75, 3.05) is 6.61 Å². The monoisotopic (exact) mass is 489 g/mol. The summed E-state index contributed by atoms with van der Waals surface area (Å²) in [5.74, 6) is 0.665. The zero-order chi connectivity index (χ0) is 24.1. The van der Waals surface area contributed by atoms with Crippen LogP contribution in [0, 0.1) is 11.3 Å². The normalized spacial score (nSPS) is 11.7. The Morgan fingerprint density at radius 2 is 1.82 bits per heavy atom. The van der Waals surface area contributed by atoms with Gasteiger partial charge in [0.25, 0.3) is 0 Å². The molecule has 0 aliphatic heterocycles. The van der Waals surface area contributed by atoms with E-state index in [4.69, 9.17) is 21.4 Å². The topological polar surface area (TPSA) is 85.0 Å². The molecule has 0 unspecified atom stereocenters. The maximum absolute atomic E-state index is 13.2. The largest absolute Gasteiger partial charge is 0.494 e. The molecule has 170 valence electrons. The number of nitriles is 1. The molecule has 3 aromatic carbocycles. The Labute approximate surface area is 203 Å². The lowest BCUT2D eigenvalue weighted by molar-refractivity contribution is 0.340. The van der Waals surface area contributed by atoms with Gasteiger partial charge in [-0.2, -0.15) is 10.4 Å². The summed E-state index contributed by atoms with van der Waals surface area (Å²) >= 11 is 5.89. The fraction of sp³-hybridized carbons (Fsp3) is 0.0769. The van der Waals surface area contributed by atoms with Crippen LogP contribution in [-0.2, 0) is 9.84 Å². The average molecular weight is 490 g/mol. The third kappa shape index (κ3) is 4.88. The number of hydrogen-bond donors (Lipinski definition) is 0. The number of benzene rings is 3. The van der Waals surface area contributed by atoms with Gasteiger partial charge in [0.1, 0.15) is 22.4 Å². The maximum Gasteiger partial charge on any atom is 0.216 e. The lowest BCUT2D eigenvalue weighted by Crippen LogP contribution is -2.03. The molecule has 4 aromatic rings. The number of para-hydroxylation sites is 1. The Hall–Kier alpha value is -3.86. The molecule has 0 fully saturated rings. The van der Waals surface area contributed by atoms with Crippen LogP contribution in [-0.4, -0.2) is 24.8 Å². The van der Waals surface area contributed by atoms with Crippen LogP contribution in [0.3, 0.4) is 0 Å². The van der Waals surface area contributed by atoms with E-state index in [9.17, 15) is 13.7 Å². The van der Waals surface area contributed by atoms with E-state index in [1.54, 1.807) is 10.9 Å². The van der Waals surface area contributed by atoms with Crippen molar-refractivity contribution in [1.82, 2.24) is 9.78 Å². The van der Waals surface area contributed by atoms with Gasteiger partial charge in [-0.05, 0) is 61.5 Å². The van der Waals surface area contributed by atoms with Crippen molar-refractivity contribution in [3.8, 4) is 28.8 Å². The number of ether oxygens (including phenoxy) is 1. The van der Waals surface area contributed by atoms with E-state index in [0.717, 1.165) is 11.3 Å². The molecule has 34 heavy (non-hydrogen) atoms. The second-order valence-electron chi connectivity index (χ2n) is 7.25. The van der Waals surface area contributed by atoms with Crippen LogP contribution in [0.4, 0.5) is 0 Å². The van der Waals surface area contributed by atoms with E-state index in [-0.39, 0.29) is 4.90 Å². The molecule has 0 amide bonds. The molecule has 0 aliphatic rings. The minimum atomic E-state index is -4.06. The van der Waals surface area contributed by atoms with E-state index < -0.39 is 14.7 Å². The predicted octanol–water partition coefficient (Wildman–Crippen LogP) is 5.93. The van der Waals surface area contributed by atoms with Crippen molar-refractivity contribution in [1.29, 1.82) is 5.26 Å². The lowest BCUT2D eigenvalue weighted by atomic mass is 10.1. The summed E-state index contributed by atoms with van der Waals surface area (Å²) in [7, 11) is -4.06. The third-order valence-corrected chi connectivity index (χ3v) is 6.92. The first-order valence-corrected chi connectivity index (χ1v) is 12.3. The fourth-order valence-electron chi connectivity index (χ4n) is 3.38. The highest BCUT2D eigenvalue weighted by molar-refractivity contribution is 7.95. The Kier molecular flexibility index (Phi) is 6.82. The first kappa shape index (κ1) is 23.3. The fourth-order valence-corrected chi connectivity index (χ4v) is 4.66. The standard InChI is InChI=1S/C26H20ClN3O3S/c1-2-33-23-10-6-7-19(15-23)26-20(18-30(29-26)22-8-4-3-5-9-22)16-25(17-28)34(31,32)24-13-11-21(27)12-14-24/h3-16,18H,2H2,1H3/b25-16-. The summed E-state index contributed by atoms with van der Waals surface area (Å²) in [5, 5.41) is 14.9. The van der Waals surface area contributed by atoms with Gasteiger partial charge < -0.3 is 4.74 Å². The third-order valence-electron chi connectivity index (χ3n) is 4.99. The molecule has 0 saturated heterocycles. The van der Waals surface area contributed by atoms with Gasteiger partial charge in [0, 0.05) is 22.3 Å². The van der Waals surface area contributed by atoms with Gasteiger partial charge in [-0.15, -0.1) is 0 Å². The summed E-state index contributed by atoms with van der Waals surface area (Å²) in [6.45, 7) is 2.40. The molecule has 4 rings (SSSR count). The summed E-state index contributed by atoms with van der Waals surface area (Å²) in [5.41, 5.74) is 2.52. The maximum atomic E-state index is 13.2. The molecule has 0 saturated carbocycles. The van der Waals surface area contributed by atoms with Gasteiger partial charge in [0.15, 0.2) is 0 Å². The van der Waals surface area contributed by atoms with Gasteiger partial charge in [0.05, 0.1) is 17.2 Å². The Bertz CT molecular complexity index is 1490. The molecular formula is C26H20ClN3O3S. The summed E-state index contributed by atoms with van der Waals surface area (Å²) in [6.07, 6.45) is 3.05. The number of halogens is 1. The number of aromatic nitrogens is 2. The Balaban J connectivity index is 1.88. The molecule has 6 nitrogen and oxygen atoms in total. The second kappa shape index (κ2) is 9.96. The van der Waals surface area contributed by atoms with Crippen molar-refractivity contribution < 1.29 is 13.2 Å². The summed E-state index contributed by atoms with van der Waals surface area (Å²) in [6, 6.07) is 24.3. The molecule has 8 heteroatoms. The van der Waals surface area contributed by atoms with E-state index in [0.29, 0.717) is 28.6 Å². The molecular weight excluding hydrogens is 470 g/mol. The van der Waals surface area contributed by atoms with E-state index >= 15 is 0 Å². The smallest absolute Gasteiger partial charge is 0.216 e. The summed E-state index contributed by atoms with van der Waals surface area (Å²) in [4.78, 5) is -0.412. The van der Waals surface area contributed by atoms with E-state index in [1.807, 2.05) is 67.6 Å². The Morgan fingerprint density at radius 3 is 2.50 bits per heavy atom. The van der Waals surface area contributed by atoms with Crippen molar-refractivity contribution in [3.63, 3.8) is 0 Å². The van der Waals surface area contributed by atoms with Gasteiger partial charge in [-0.25, -0.2) is 13.1 Å². The van der Waals surface area contributed by atoms with Crippen LogP contribution in [0.1, 0.15) is 12.5 Å². The van der Waals surface area contributed by atoms with Gasteiger partial charge in [-0.3, -0.25) is 0 Å². The van der Waals surface area contributed by atoms with E-state index in [2.05, 4.69) is 0 Å². The molecule has 0 bridgehead atoms. The lowest BCUT2D eigenvalue weighted by Gasteiger charge is -2.06. The highest BCUT2D eigenvalue weighted by Crippen LogP contribution is 2.30. The molecule has 0 atom stereocenters. The number of hydrogen-bond acceptors (Lipinski definition) is 5. The van der Waals surface area contributed by atoms with Crippen molar-refractivity contribution in [2.24, 2.45) is 0 Å². The van der Waals surface area contributed by atoms with Crippen LogP contribution in [0.5, 0.6) is 5.75 Å². The highest BCUT2D eigenvalue weighted by atomic mass is 35.5. The van der Waals surface area contributed by atoms with Gasteiger partial charge >= 0.3 is 0 Å².